The van der Waals surface area contributed by atoms with Crippen molar-refractivity contribution in [3.63, 3.8) is 0 Å². The van der Waals surface area contributed by atoms with Gasteiger partial charge in [0.25, 0.3) is 0 Å². The molecule has 0 saturated carbocycles. The second-order valence-corrected chi connectivity index (χ2v) is 5.27. The van der Waals surface area contributed by atoms with Crippen molar-refractivity contribution in [2.24, 2.45) is 0 Å². The Labute approximate surface area is 133 Å². The Morgan fingerprint density at radius 2 is 2.26 bits per heavy atom. The van der Waals surface area contributed by atoms with Gasteiger partial charge in [-0.05, 0) is 41.8 Å². The summed E-state index contributed by atoms with van der Waals surface area (Å²) in [7, 11) is 0. The van der Waals surface area contributed by atoms with Crippen LogP contribution in [-0.4, -0.2) is 26.6 Å². The van der Waals surface area contributed by atoms with Crippen LogP contribution in [0.2, 0.25) is 0 Å². The van der Waals surface area contributed by atoms with Crippen molar-refractivity contribution in [1.82, 2.24) is 20.4 Å². The molecule has 7 nitrogen and oxygen atoms in total. The van der Waals surface area contributed by atoms with Crippen LogP contribution in [0.25, 0.3) is 11.2 Å². The molecule has 0 unspecified atom stereocenters. The number of pyridine rings is 1. The van der Waals surface area contributed by atoms with E-state index in [0.717, 1.165) is 16.8 Å². The van der Waals surface area contributed by atoms with Crippen LogP contribution < -0.4 is 11.1 Å². The Hall–Kier alpha value is -3.22. The Morgan fingerprint density at radius 3 is 3.04 bits per heavy atom. The number of fused-ring (bicyclic) bond motifs is 1. The van der Waals surface area contributed by atoms with Crippen molar-refractivity contribution >= 4 is 28.9 Å². The standard InChI is InChI=1S/C16H17N7/c1-10-3-2-4-13(5-10)19-9-11(8-17)6-12-7-14(18)20-16-15(12)21-23-22-16/h2-5,7-9,17,19H,6H2,1H3,(H3,18,20,21,22,23)/b11-9-,17-8?. The van der Waals surface area contributed by atoms with Crippen LogP contribution in [-0.2, 0) is 6.42 Å². The van der Waals surface area contributed by atoms with Gasteiger partial charge in [-0.2, -0.15) is 0 Å². The number of benzene rings is 1. The minimum absolute atomic E-state index is 0.398. The van der Waals surface area contributed by atoms with Gasteiger partial charge in [0.05, 0.1) is 0 Å². The lowest BCUT2D eigenvalue weighted by atomic mass is 10.1. The molecule has 0 atom stereocenters. The van der Waals surface area contributed by atoms with Gasteiger partial charge >= 0.3 is 0 Å². The van der Waals surface area contributed by atoms with Gasteiger partial charge in [0.15, 0.2) is 5.65 Å². The minimum atomic E-state index is 0.398. The van der Waals surface area contributed by atoms with E-state index in [2.05, 4.69) is 25.7 Å². The van der Waals surface area contributed by atoms with E-state index in [0.29, 0.717) is 23.4 Å². The second kappa shape index (κ2) is 6.27. The predicted octanol–water partition coefficient (Wildman–Crippen LogP) is 2.43. The Morgan fingerprint density at radius 1 is 1.39 bits per heavy atom. The van der Waals surface area contributed by atoms with Gasteiger partial charge in [0.1, 0.15) is 11.3 Å². The molecule has 0 saturated heterocycles. The molecule has 3 rings (SSSR count). The van der Waals surface area contributed by atoms with Gasteiger partial charge in [-0.3, -0.25) is 0 Å². The van der Waals surface area contributed by atoms with Crippen LogP contribution in [0, 0.1) is 12.3 Å². The summed E-state index contributed by atoms with van der Waals surface area (Å²) in [4.78, 5) is 4.14. The summed E-state index contributed by atoms with van der Waals surface area (Å²) in [6.07, 6.45) is 3.63. The molecule has 5 N–H and O–H groups in total. The van der Waals surface area contributed by atoms with Crippen LogP contribution in [0.4, 0.5) is 11.5 Å². The van der Waals surface area contributed by atoms with Crippen molar-refractivity contribution in [1.29, 1.82) is 5.41 Å². The summed E-state index contributed by atoms with van der Waals surface area (Å²) in [5, 5.41) is 21.3. The summed E-state index contributed by atoms with van der Waals surface area (Å²) < 4.78 is 0. The number of aromatic nitrogens is 4. The molecular formula is C16H17N7. The first kappa shape index (κ1) is 14.7. The molecular weight excluding hydrogens is 290 g/mol. The number of nitrogen functional groups attached to an aromatic ring is 1. The zero-order valence-corrected chi connectivity index (χ0v) is 12.7. The number of hydrogen-bond acceptors (Lipinski definition) is 6. The van der Waals surface area contributed by atoms with E-state index in [1.54, 1.807) is 6.07 Å². The topological polar surface area (TPSA) is 116 Å². The normalized spacial score (nSPS) is 11.6. The Kier molecular flexibility index (Phi) is 4.01. The molecule has 2 heterocycles. The number of allylic oxidation sites excluding steroid dienone is 1. The molecule has 7 heteroatoms. The summed E-state index contributed by atoms with van der Waals surface area (Å²) >= 11 is 0. The van der Waals surface area contributed by atoms with Crippen molar-refractivity contribution in [2.75, 3.05) is 11.1 Å². The Bertz CT molecular complexity index is 879. The summed E-state index contributed by atoms with van der Waals surface area (Å²) in [6.45, 7) is 2.04. The molecule has 0 aliphatic carbocycles. The minimum Gasteiger partial charge on any atom is -0.384 e. The van der Waals surface area contributed by atoms with Crippen molar-refractivity contribution in [3.05, 3.63) is 53.2 Å². The summed E-state index contributed by atoms with van der Waals surface area (Å²) in [5.74, 6) is 0.398. The highest BCUT2D eigenvalue weighted by molar-refractivity contribution is 5.81. The van der Waals surface area contributed by atoms with E-state index >= 15 is 0 Å². The predicted molar refractivity (Wildman–Crippen MR) is 91.5 cm³/mol. The maximum atomic E-state index is 7.62. The third-order valence-corrected chi connectivity index (χ3v) is 3.42. The molecule has 3 aromatic rings. The molecule has 2 aromatic heterocycles. The molecule has 0 spiro atoms. The maximum absolute atomic E-state index is 7.62. The fourth-order valence-corrected chi connectivity index (χ4v) is 2.33. The fraction of sp³-hybridized carbons (Fsp3) is 0.125. The number of nitrogens with zero attached hydrogens (tertiary/aromatic N) is 3. The van der Waals surface area contributed by atoms with Crippen LogP contribution >= 0.6 is 0 Å². The van der Waals surface area contributed by atoms with E-state index < -0.39 is 0 Å². The molecule has 1 aromatic carbocycles. The smallest absolute Gasteiger partial charge is 0.178 e. The third kappa shape index (κ3) is 3.34. The summed E-state index contributed by atoms with van der Waals surface area (Å²) in [5.41, 5.74) is 10.8. The first-order chi connectivity index (χ1) is 11.2. The molecule has 0 bridgehead atoms. The SMILES string of the molecule is Cc1cccc(N/C=C(\C=N)Cc2cc(N)nc3[nH]nnc23)c1. The van der Waals surface area contributed by atoms with Gasteiger partial charge in [-0.15, -0.1) is 5.10 Å². The lowest BCUT2D eigenvalue weighted by Gasteiger charge is -2.06. The van der Waals surface area contributed by atoms with E-state index in [1.807, 2.05) is 37.4 Å². The van der Waals surface area contributed by atoms with Gasteiger partial charge in [0.2, 0.25) is 0 Å². The molecule has 23 heavy (non-hydrogen) atoms. The van der Waals surface area contributed by atoms with Gasteiger partial charge in [0, 0.05) is 24.5 Å². The highest BCUT2D eigenvalue weighted by Gasteiger charge is 2.09. The van der Waals surface area contributed by atoms with Gasteiger partial charge < -0.3 is 16.5 Å². The van der Waals surface area contributed by atoms with Crippen molar-refractivity contribution in [3.8, 4) is 0 Å². The van der Waals surface area contributed by atoms with E-state index in [-0.39, 0.29) is 0 Å². The average Bonchev–Trinajstić information content (AvgIpc) is 2.99. The number of nitrogens with two attached hydrogens (primary N) is 1. The number of hydrogen-bond donors (Lipinski definition) is 4. The molecule has 0 fully saturated rings. The van der Waals surface area contributed by atoms with Crippen LogP contribution in [0.1, 0.15) is 11.1 Å². The average molecular weight is 307 g/mol. The van der Waals surface area contributed by atoms with Gasteiger partial charge in [-0.1, -0.05) is 17.3 Å². The molecule has 0 amide bonds. The van der Waals surface area contributed by atoms with E-state index in [9.17, 15) is 0 Å². The van der Waals surface area contributed by atoms with Crippen molar-refractivity contribution in [2.45, 2.75) is 13.3 Å². The van der Waals surface area contributed by atoms with Crippen LogP contribution in [0.3, 0.4) is 0 Å². The maximum Gasteiger partial charge on any atom is 0.178 e. The molecule has 0 aliphatic rings. The first-order valence-corrected chi connectivity index (χ1v) is 7.14. The number of nitrogens with one attached hydrogen (secondary N) is 3. The lowest BCUT2D eigenvalue weighted by molar-refractivity contribution is 0.953. The van der Waals surface area contributed by atoms with Crippen molar-refractivity contribution < 1.29 is 0 Å². The molecule has 0 aliphatic heterocycles. The zero-order valence-electron chi connectivity index (χ0n) is 12.7. The number of aromatic amines is 1. The highest BCUT2D eigenvalue weighted by atomic mass is 15.3. The lowest BCUT2D eigenvalue weighted by Crippen LogP contribution is -2.00. The van der Waals surface area contributed by atoms with E-state index in [1.165, 1.54) is 11.8 Å². The first-order valence-electron chi connectivity index (χ1n) is 7.14. The van der Waals surface area contributed by atoms with Crippen LogP contribution in [0.5, 0.6) is 0 Å². The molecule has 116 valence electrons. The van der Waals surface area contributed by atoms with Gasteiger partial charge in [-0.25, -0.2) is 10.1 Å². The highest BCUT2D eigenvalue weighted by Crippen LogP contribution is 2.18. The van der Waals surface area contributed by atoms with E-state index in [4.69, 9.17) is 11.1 Å². The zero-order chi connectivity index (χ0) is 16.2. The monoisotopic (exact) mass is 307 g/mol. The fourth-order valence-electron chi connectivity index (χ4n) is 2.33. The molecule has 0 radical (unpaired) electrons. The number of rotatable bonds is 5. The largest absolute Gasteiger partial charge is 0.384 e. The number of H-pyrrole nitrogens is 1. The Balaban J connectivity index is 1.85. The summed E-state index contributed by atoms with van der Waals surface area (Å²) in [6, 6.07) is 9.80. The number of aryl methyl sites for hydroxylation is 1. The third-order valence-electron chi connectivity index (χ3n) is 3.42. The number of anilines is 2. The van der Waals surface area contributed by atoms with Crippen LogP contribution in [0.15, 0.2) is 42.1 Å². The second-order valence-electron chi connectivity index (χ2n) is 5.27. The quantitative estimate of drug-likeness (QED) is 0.540.